The average molecular weight is 562 g/mol. The fraction of sp³-hybridized carbons (Fsp3) is 0.286. The number of rotatable bonds is 12. The van der Waals surface area contributed by atoms with E-state index < -0.39 is 17.8 Å². The maximum atomic E-state index is 13.4. The predicted octanol–water partition coefficient (Wildman–Crippen LogP) is 6.08. The van der Waals surface area contributed by atoms with Crippen LogP contribution in [0.2, 0.25) is 0 Å². The number of ether oxygens (including phenoxy) is 2. The number of urea groups is 1. The number of halogens is 3. The Balaban J connectivity index is 1.76. The minimum atomic E-state index is -4.65. The molecule has 0 spiro atoms. The summed E-state index contributed by atoms with van der Waals surface area (Å²) < 4.78 is 50.9. The van der Waals surface area contributed by atoms with Crippen LogP contribution in [0.25, 0.3) is 0 Å². The van der Waals surface area contributed by atoms with E-state index in [1.54, 1.807) is 25.2 Å². The van der Waals surface area contributed by atoms with Gasteiger partial charge in [-0.15, -0.1) is 17.9 Å². The molecule has 0 bridgehead atoms. The molecule has 0 aliphatic carbocycles. The normalized spacial score (nSPS) is 11.0. The van der Waals surface area contributed by atoms with Crippen molar-refractivity contribution in [3.8, 4) is 11.5 Å². The van der Waals surface area contributed by atoms with Gasteiger partial charge in [0.15, 0.2) is 11.5 Å². The summed E-state index contributed by atoms with van der Waals surface area (Å²) in [6.07, 6.45) is -2.73. The third kappa shape index (κ3) is 8.25. The van der Waals surface area contributed by atoms with Crippen molar-refractivity contribution in [3.05, 3.63) is 88.6 Å². The van der Waals surface area contributed by atoms with Crippen molar-refractivity contribution in [2.24, 2.45) is 0 Å². The summed E-state index contributed by atoms with van der Waals surface area (Å²) >= 11 is 1.50. The van der Waals surface area contributed by atoms with Crippen LogP contribution in [0, 0.1) is 0 Å². The van der Waals surface area contributed by atoms with Crippen LogP contribution in [-0.2, 0) is 23.9 Å². The summed E-state index contributed by atoms with van der Waals surface area (Å²) in [5.41, 5.74) is -0.445. The van der Waals surface area contributed by atoms with Crippen LogP contribution >= 0.6 is 11.3 Å². The highest BCUT2D eigenvalue weighted by Gasteiger charge is 2.34. The average Bonchev–Trinajstić information content (AvgIpc) is 3.43. The smallest absolute Gasteiger partial charge is 0.418 e. The SMILES string of the molecule is C=CCN(CC(=O)N(CCc1ccc(OC)c(OC)c1)Cc1cccs1)C(=O)Nc1ccccc1C(F)(F)F. The molecule has 0 atom stereocenters. The molecule has 2 aromatic carbocycles. The van der Waals surface area contributed by atoms with E-state index in [2.05, 4.69) is 11.9 Å². The Kier molecular flexibility index (Phi) is 10.4. The minimum Gasteiger partial charge on any atom is -0.493 e. The molecule has 0 radical (unpaired) electrons. The number of thiophene rings is 1. The zero-order valence-corrected chi connectivity index (χ0v) is 22.5. The third-order valence-corrected chi connectivity index (χ3v) is 6.70. The van der Waals surface area contributed by atoms with Gasteiger partial charge in [-0.3, -0.25) is 4.79 Å². The van der Waals surface area contributed by atoms with Gasteiger partial charge in [-0.05, 0) is 47.7 Å². The summed E-state index contributed by atoms with van der Waals surface area (Å²) in [7, 11) is 3.09. The highest BCUT2D eigenvalue weighted by Crippen LogP contribution is 2.34. The third-order valence-electron chi connectivity index (χ3n) is 5.83. The van der Waals surface area contributed by atoms with Gasteiger partial charge in [0.25, 0.3) is 0 Å². The van der Waals surface area contributed by atoms with Crippen molar-refractivity contribution in [1.29, 1.82) is 0 Å². The Morgan fingerprint density at radius 3 is 2.41 bits per heavy atom. The number of anilines is 1. The van der Waals surface area contributed by atoms with Gasteiger partial charge < -0.3 is 24.6 Å². The minimum absolute atomic E-state index is 0.0335. The molecule has 1 aromatic heterocycles. The van der Waals surface area contributed by atoms with Crippen molar-refractivity contribution in [2.45, 2.75) is 19.1 Å². The molecule has 1 heterocycles. The fourth-order valence-corrected chi connectivity index (χ4v) is 4.57. The molecule has 0 aliphatic rings. The van der Waals surface area contributed by atoms with Crippen LogP contribution in [0.15, 0.2) is 72.6 Å². The van der Waals surface area contributed by atoms with Gasteiger partial charge in [0.2, 0.25) is 5.91 Å². The summed E-state index contributed by atoms with van der Waals surface area (Å²) in [4.78, 5) is 30.1. The summed E-state index contributed by atoms with van der Waals surface area (Å²) in [5, 5.41) is 4.20. The molecule has 0 saturated heterocycles. The molecule has 0 fully saturated rings. The lowest BCUT2D eigenvalue weighted by molar-refractivity contribution is -0.137. The molecule has 7 nitrogen and oxygen atoms in total. The van der Waals surface area contributed by atoms with Crippen LogP contribution in [0.4, 0.5) is 23.7 Å². The predicted molar refractivity (Wildman–Crippen MR) is 145 cm³/mol. The number of para-hydroxylation sites is 1. The number of hydrogen-bond acceptors (Lipinski definition) is 5. The van der Waals surface area contributed by atoms with E-state index >= 15 is 0 Å². The van der Waals surface area contributed by atoms with Crippen molar-refractivity contribution in [3.63, 3.8) is 0 Å². The van der Waals surface area contributed by atoms with Gasteiger partial charge in [-0.25, -0.2) is 4.79 Å². The lowest BCUT2D eigenvalue weighted by Gasteiger charge is -2.27. The number of amides is 3. The van der Waals surface area contributed by atoms with Gasteiger partial charge in [-0.2, -0.15) is 13.2 Å². The second kappa shape index (κ2) is 13.7. The molecule has 3 amide bonds. The van der Waals surface area contributed by atoms with Crippen LogP contribution < -0.4 is 14.8 Å². The summed E-state index contributed by atoms with van der Waals surface area (Å²) in [6, 6.07) is 13.1. The van der Waals surface area contributed by atoms with Gasteiger partial charge in [-0.1, -0.05) is 30.3 Å². The molecule has 3 rings (SSSR count). The molecule has 0 aliphatic heterocycles. The van der Waals surface area contributed by atoms with Gasteiger partial charge >= 0.3 is 12.2 Å². The Labute approximate surface area is 229 Å². The molecule has 0 saturated carbocycles. The van der Waals surface area contributed by atoms with Crippen LogP contribution in [0.1, 0.15) is 16.0 Å². The Hall–Kier alpha value is -3.99. The lowest BCUT2D eigenvalue weighted by Crippen LogP contribution is -2.45. The van der Waals surface area contributed by atoms with E-state index in [1.807, 2.05) is 29.6 Å². The quantitative estimate of drug-likeness (QED) is 0.272. The molecule has 3 aromatic rings. The van der Waals surface area contributed by atoms with E-state index in [-0.39, 0.29) is 24.7 Å². The van der Waals surface area contributed by atoms with E-state index in [9.17, 15) is 22.8 Å². The van der Waals surface area contributed by atoms with Crippen LogP contribution in [0.5, 0.6) is 11.5 Å². The van der Waals surface area contributed by atoms with E-state index in [0.717, 1.165) is 21.4 Å². The molecule has 39 heavy (non-hydrogen) atoms. The first-order valence-corrected chi connectivity index (χ1v) is 12.9. The number of nitrogens with one attached hydrogen (secondary N) is 1. The van der Waals surface area contributed by atoms with Gasteiger partial charge in [0.1, 0.15) is 6.54 Å². The molecular formula is C28H30F3N3O4S. The van der Waals surface area contributed by atoms with Crippen molar-refractivity contribution in [2.75, 3.05) is 39.2 Å². The van der Waals surface area contributed by atoms with Gasteiger partial charge in [0.05, 0.1) is 32.0 Å². The number of hydrogen-bond donors (Lipinski definition) is 1. The lowest BCUT2D eigenvalue weighted by atomic mass is 10.1. The van der Waals surface area contributed by atoms with Crippen molar-refractivity contribution in [1.82, 2.24) is 9.80 Å². The molecular weight excluding hydrogens is 531 g/mol. The van der Waals surface area contributed by atoms with E-state index in [1.165, 1.54) is 35.6 Å². The second-order valence-electron chi connectivity index (χ2n) is 8.48. The fourth-order valence-electron chi connectivity index (χ4n) is 3.85. The van der Waals surface area contributed by atoms with E-state index in [4.69, 9.17) is 9.47 Å². The number of methoxy groups -OCH3 is 2. The maximum Gasteiger partial charge on any atom is 0.418 e. The topological polar surface area (TPSA) is 71.1 Å². The Bertz CT molecular complexity index is 1270. The van der Waals surface area contributed by atoms with Crippen LogP contribution in [0.3, 0.4) is 0 Å². The maximum absolute atomic E-state index is 13.4. The monoisotopic (exact) mass is 561 g/mol. The first-order chi connectivity index (χ1) is 18.7. The Morgan fingerprint density at radius 2 is 1.77 bits per heavy atom. The molecule has 0 unspecified atom stereocenters. The summed E-state index contributed by atoms with van der Waals surface area (Å²) in [6.45, 7) is 3.91. The Morgan fingerprint density at radius 1 is 1.03 bits per heavy atom. The molecule has 11 heteroatoms. The largest absolute Gasteiger partial charge is 0.493 e. The number of nitrogens with zero attached hydrogens (tertiary/aromatic N) is 2. The highest BCUT2D eigenvalue weighted by atomic mass is 32.1. The van der Waals surface area contributed by atoms with Crippen molar-refractivity contribution >= 4 is 29.0 Å². The van der Waals surface area contributed by atoms with Crippen molar-refractivity contribution < 1.29 is 32.2 Å². The van der Waals surface area contributed by atoms with E-state index in [0.29, 0.717) is 31.0 Å². The number of benzene rings is 2. The zero-order valence-electron chi connectivity index (χ0n) is 21.7. The number of alkyl halides is 3. The number of carbonyl (C=O) groups excluding carboxylic acids is 2. The second-order valence-corrected chi connectivity index (χ2v) is 9.51. The molecule has 1 N–H and O–H groups in total. The van der Waals surface area contributed by atoms with Crippen LogP contribution in [-0.4, -0.2) is 55.6 Å². The zero-order chi connectivity index (χ0) is 28.4. The standard InChI is InChI=1S/C28H30F3N3O4S/c1-4-14-34(27(36)32-23-10-6-5-9-22(23)28(29,30)31)19-26(35)33(18-21-8-7-16-39-21)15-13-20-11-12-24(37-2)25(17-20)38-3/h4-12,16-17H,1,13-15,18-19H2,2-3H3,(H,32,36). The highest BCUT2D eigenvalue weighted by molar-refractivity contribution is 7.09. The first-order valence-electron chi connectivity index (χ1n) is 12.0. The summed E-state index contributed by atoms with van der Waals surface area (Å²) in [5.74, 6) is 0.801. The number of carbonyl (C=O) groups is 2. The van der Waals surface area contributed by atoms with Gasteiger partial charge in [0, 0.05) is 18.0 Å². The first kappa shape index (κ1) is 29.6. The molecule has 208 valence electrons.